The van der Waals surface area contributed by atoms with Crippen LogP contribution in [0.4, 0.5) is 0 Å². The van der Waals surface area contributed by atoms with Crippen molar-refractivity contribution in [1.29, 1.82) is 0 Å². The number of halogens is 1. The van der Waals surface area contributed by atoms with E-state index in [0.717, 1.165) is 70.0 Å². The SMILES string of the molecule is CCNC(=NCC1(OC)CCOCC1)N1CCC(CC(C)C)C1.I. The number of likely N-dealkylation sites (tertiary alicyclic amines) is 1. The van der Waals surface area contributed by atoms with Crippen LogP contribution >= 0.6 is 24.0 Å². The number of hydrogen-bond donors (Lipinski definition) is 1. The van der Waals surface area contributed by atoms with E-state index in [1.54, 1.807) is 0 Å². The lowest BCUT2D eigenvalue weighted by atomic mass is 9.94. The Morgan fingerprint density at radius 2 is 2.08 bits per heavy atom. The van der Waals surface area contributed by atoms with Crippen molar-refractivity contribution in [1.82, 2.24) is 10.2 Å². The fourth-order valence-electron chi connectivity index (χ4n) is 3.70. The molecule has 2 rings (SSSR count). The molecule has 0 amide bonds. The Balaban J connectivity index is 0.00000288. The molecule has 0 aromatic carbocycles. The Hall–Kier alpha value is -0.0800. The van der Waals surface area contributed by atoms with Gasteiger partial charge in [0.15, 0.2) is 5.96 Å². The Morgan fingerprint density at radius 3 is 2.67 bits per heavy atom. The summed E-state index contributed by atoms with van der Waals surface area (Å²) in [6.45, 7) is 12.2. The summed E-state index contributed by atoms with van der Waals surface area (Å²) in [6, 6.07) is 0. The fourth-order valence-corrected chi connectivity index (χ4v) is 3.70. The molecule has 1 unspecified atom stereocenters. The van der Waals surface area contributed by atoms with E-state index >= 15 is 0 Å². The van der Waals surface area contributed by atoms with E-state index in [1.807, 2.05) is 7.11 Å². The van der Waals surface area contributed by atoms with E-state index < -0.39 is 0 Å². The summed E-state index contributed by atoms with van der Waals surface area (Å²) in [7, 11) is 1.81. The van der Waals surface area contributed by atoms with Gasteiger partial charge in [0, 0.05) is 52.8 Å². The number of nitrogens with zero attached hydrogens (tertiary/aromatic N) is 2. The molecule has 1 atom stereocenters. The van der Waals surface area contributed by atoms with Crippen LogP contribution in [0.1, 0.15) is 46.5 Å². The van der Waals surface area contributed by atoms with Crippen LogP contribution in [0.25, 0.3) is 0 Å². The monoisotopic (exact) mass is 453 g/mol. The van der Waals surface area contributed by atoms with Gasteiger partial charge in [0.05, 0.1) is 12.1 Å². The predicted octanol–water partition coefficient (Wildman–Crippen LogP) is 3.13. The van der Waals surface area contributed by atoms with Gasteiger partial charge in [-0.05, 0) is 31.6 Å². The second-order valence-electron chi connectivity index (χ2n) is 7.40. The van der Waals surface area contributed by atoms with E-state index in [9.17, 15) is 0 Å². The number of hydrogen-bond acceptors (Lipinski definition) is 3. The van der Waals surface area contributed by atoms with E-state index in [1.165, 1.54) is 12.8 Å². The minimum Gasteiger partial charge on any atom is -0.381 e. The smallest absolute Gasteiger partial charge is 0.194 e. The zero-order valence-electron chi connectivity index (χ0n) is 15.8. The van der Waals surface area contributed by atoms with Crippen molar-refractivity contribution >= 4 is 29.9 Å². The van der Waals surface area contributed by atoms with Crippen molar-refractivity contribution in [3.8, 4) is 0 Å². The summed E-state index contributed by atoms with van der Waals surface area (Å²) < 4.78 is 11.3. The van der Waals surface area contributed by atoms with Crippen LogP contribution in [-0.2, 0) is 9.47 Å². The highest BCUT2D eigenvalue weighted by atomic mass is 127. The largest absolute Gasteiger partial charge is 0.381 e. The molecule has 2 aliphatic heterocycles. The van der Waals surface area contributed by atoms with Crippen LogP contribution in [0.5, 0.6) is 0 Å². The van der Waals surface area contributed by atoms with Crippen LogP contribution in [0.2, 0.25) is 0 Å². The first-order chi connectivity index (χ1) is 11.1. The van der Waals surface area contributed by atoms with Crippen molar-refractivity contribution in [2.75, 3.05) is 46.5 Å². The third kappa shape index (κ3) is 6.33. The average molecular weight is 453 g/mol. The maximum Gasteiger partial charge on any atom is 0.194 e. The van der Waals surface area contributed by atoms with Crippen LogP contribution in [0, 0.1) is 11.8 Å². The molecule has 2 heterocycles. The molecule has 0 aromatic heterocycles. The van der Waals surface area contributed by atoms with Gasteiger partial charge < -0.3 is 19.7 Å². The second-order valence-corrected chi connectivity index (χ2v) is 7.40. The van der Waals surface area contributed by atoms with E-state index in [-0.39, 0.29) is 29.6 Å². The molecule has 2 saturated heterocycles. The number of nitrogens with one attached hydrogen (secondary N) is 1. The summed E-state index contributed by atoms with van der Waals surface area (Å²) in [4.78, 5) is 7.36. The molecule has 5 nitrogen and oxygen atoms in total. The van der Waals surface area contributed by atoms with Gasteiger partial charge in [-0.25, -0.2) is 0 Å². The number of guanidine groups is 1. The maximum absolute atomic E-state index is 5.81. The summed E-state index contributed by atoms with van der Waals surface area (Å²) in [5, 5.41) is 3.47. The van der Waals surface area contributed by atoms with Crippen molar-refractivity contribution in [3.05, 3.63) is 0 Å². The van der Waals surface area contributed by atoms with Crippen LogP contribution in [0.3, 0.4) is 0 Å². The lowest BCUT2D eigenvalue weighted by Crippen LogP contribution is -2.44. The standard InChI is InChI=1S/C18H35N3O2.HI/c1-5-19-17(21-9-6-16(13-21)12-15(2)3)20-14-18(22-4)7-10-23-11-8-18;/h15-16H,5-14H2,1-4H3,(H,19,20);1H. The molecule has 0 aliphatic carbocycles. The number of aliphatic imine (C=N–C) groups is 1. The second kappa shape index (κ2) is 10.8. The van der Waals surface area contributed by atoms with Crippen LogP contribution < -0.4 is 5.32 Å². The minimum absolute atomic E-state index is 0. The first kappa shape index (κ1) is 22.0. The lowest BCUT2D eigenvalue weighted by Gasteiger charge is -2.35. The highest BCUT2D eigenvalue weighted by molar-refractivity contribution is 14.0. The van der Waals surface area contributed by atoms with Gasteiger partial charge in [-0.3, -0.25) is 4.99 Å². The molecule has 0 aromatic rings. The Labute approximate surface area is 165 Å². The summed E-state index contributed by atoms with van der Waals surface area (Å²) >= 11 is 0. The van der Waals surface area contributed by atoms with Crippen LogP contribution in [-0.4, -0.2) is 63.0 Å². The lowest BCUT2D eigenvalue weighted by molar-refractivity contribution is -0.0829. The van der Waals surface area contributed by atoms with Gasteiger partial charge in [-0.15, -0.1) is 24.0 Å². The third-order valence-electron chi connectivity index (χ3n) is 5.08. The van der Waals surface area contributed by atoms with Crippen molar-refractivity contribution in [2.45, 2.75) is 52.1 Å². The number of methoxy groups -OCH3 is 1. The van der Waals surface area contributed by atoms with Gasteiger partial charge in [-0.2, -0.15) is 0 Å². The molecular weight excluding hydrogens is 417 g/mol. The molecule has 6 heteroatoms. The maximum atomic E-state index is 5.81. The number of ether oxygens (including phenoxy) is 2. The van der Waals surface area contributed by atoms with Gasteiger partial charge in [-0.1, -0.05) is 13.8 Å². The van der Waals surface area contributed by atoms with E-state index in [0.29, 0.717) is 0 Å². The van der Waals surface area contributed by atoms with E-state index in [4.69, 9.17) is 14.5 Å². The van der Waals surface area contributed by atoms with Gasteiger partial charge in [0.2, 0.25) is 0 Å². The zero-order valence-corrected chi connectivity index (χ0v) is 18.2. The van der Waals surface area contributed by atoms with Crippen molar-refractivity contribution in [2.24, 2.45) is 16.8 Å². The van der Waals surface area contributed by atoms with Crippen molar-refractivity contribution < 1.29 is 9.47 Å². The summed E-state index contributed by atoms with van der Waals surface area (Å²) in [5.74, 6) is 2.64. The Kier molecular flexibility index (Phi) is 9.89. The topological polar surface area (TPSA) is 46.1 Å². The molecule has 0 radical (unpaired) electrons. The van der Waals surface area contributed by atoms with Crippen LogP contribution in [0.15, 0.2) is 4.99 Å². The van der Waals surface area contributed by atoms with E-state index in [2.05, 4.69) is 31.0 Å². The van der Waals surface area contributed by atoms with Gasteiger partial charge in [0.25, 0.3) is 0 Å². The average Bonchev–Trinajstić information content (AvgIpc) is 3.00. The highest BCUT2D eigenvalue weighted by Crippen LogP contribution is 2.26. The summed E-state index contributed by atoms with van der Waals surface area (Å²) in [6.07, 6.45) is 4.46. The number of rotatable bonds is 6. The molecule has 1 N–H and O–H groups in total. The molecule has 24 heavy (non-hydrogen) atoms. The highest BCUT2D eigenvalue weighted by Gasteiger charge is 2.33. The fraction of sp³-hybridized carbons (Fsp3) is 0.944. The molecule has 2 aliphatic rings. The first-order valence-corrected chi connectivity index (χ1v) is 9.24. The quantitative estimate of drug-likeness (QED) is 0.382. The van der Waals surface area contributed by atoms with Crippen molar-refractivity contribution in [3.63, 3.8) is 0 Å². The predicted molar refractivity (Wildman–Crippen MR) is 110 cm³/mol. The Bertz CT molecular complexity index is 384. The molecule has 142 valence electrons. The van der Waals surface area contributed by atoms with Gasteiger partial charge in [0.1, 0.15) is 0 Å². The molecule has 2 fully saturated rings. The first-order valence-electron chi connectivity index (χ1n) is 9.24. The molecule has 0 spiro atoms. The third-order valence-corrected chi connectivity index (χ3v) is 5.08. The minimum atomic E-state index is -0.143. The molecule has 0 saturated carbocycles. The molecule has 0 bridgehead atoms. The zero-order chi connectivity index (χ0) is 16.7. The molecular formula is C18H36IN3O2. The van der Waals surface area contributed by atoms with Gasteiger partial charge >= 0.3 is 0 Å². The Morgan fingerprint density at radius 1 is 1.38 bits per heavy atom. The summed E-state index contributed by atoms with van der Waals surface area (Å²) in [5.41, 5.74) is -0.143. The normalized spacial score (nSPS) is 24.1.